The van der Waals surface area contributed by atoms with E-state index in [2.05, 4.69) is 10.4 Å². The number of rotatable bonds is 6. The average molecular weight is 465 g/mol. The SMILES string of the molecule is O=C(Nc1cccc(Sc2ccc(-n3ncn(C4CCCC4)c3=O)cc2)c1)C1CCOCC1. The maximum absolute atomic E-state index is 12.8. The second-order valence-corrected chi connectivity index (χ2v) is 9.82. The molecule has 1 N–H and O–H groups in total. The molecule has 2 fully saturated rings. The minimum Gasteiger partial charge on any atom is -0.381 e. The van der Waals surface area contributed by atoms with Gasteiger partial charge in [0.1, 0.15) is 6.33 Å². The summed E-state index contributed by atoms with van der Waals surface area (Å²) in [6.07, 6.45) is 7.67. The van der Waals surface area contributed by atoms with Gasteiger partial charge in [0.15, 0.2) is 0 Å². The molecule has 0 bridgehead atoms. The Hall–Kier alpha value is -2.84. The van der Waals surface area contributed by atoms with Gasteiger partial charge >= 0.3 is 5.69 Å². The highest BCUT2D eigenvalue weighted by Crippen LogP contribution is 2.31. The second kappa shape index (κ2) is 9.97. The molecule has 1 saturated carbocycles. The van der Waals surface area contributed by atoms with Crippen LogP contribution in [-0.4, -0.2) is 33.5 Å². The number of ether oxygens (including phenoxy) is 1. The molecule has 2 aromatic carbocycles. The summed E-state index contributed by atoms with van der Waals surface area (Å²) in [6, 6.07) is 16.0. The number of nitrogens with zero attached hydrogens (tertiary/aromatic N) is 3. The third kappa shape index (κ3) is 5.07. The van der Waals surface area contributed by atoms with Gasteiger partial charge in [-0.15, -0.1) is 0 Å². The summed E-state index contributed by atoms with van der Waals surface area (Å²) in [6.45, 7) is 1.30. The van der Waals surface area contributed by atoms with Crippen LogP contribution in [0.3, 0.4) is 0 Å². The van der Waals surface area contributed by atoms with Crippen molar-refractivity contribution in [2.24, 2.45) is 5.92 Å². The van der Waals surface area contributed by atoms with Crippen LogP contribution in [-0.2, 0) is 9.53 Å². The van der Waals surface area contributed by atoms with Crippen molar-refractivity contribution in [1.82, 2.24) is 14.3 Å². The second-order valence-electron chi connectivity index (χ2n) is 8.67. The van der Waals surface area contributed by atoms with Crippen LogP contribution < -0.4 is 11.0 Å². The minimum atomic E-state index is -0.0738. The molecule has 1 saturated heterocycles. The molecule has 0 unspecified atom stereocenters. The van der Waals surface area contributed by atoms with Crippen LogP contribution in [0.25, 0.3) is 5.69 Å². The third-order valence-corrected chi connectivity index (χ3v) is 7.42. The summed E-state index contributed by atoms with van der Waals surface area (Å²) in [4.78, 5) is 27.4. The zero-order chi connectivity index (χ0) is 22.6. The molecule has 1 amide bonds. The molecular formula is C25H28N4O3S. The largest absolute Gasteiger partial charge is 0.381 e. The van der Waals surface area contributed by atoms with E-state index < -0.39 is 0 Å². The Bertz CT molecular complexity index is 1160. The van der Waals surface area contributed by atoms with Crippen LogP contribution in [0.2, 0.25) is 0 Å². The first-order valence-corrected chi connectivity index (χ1v) is 12.4. The average Bonchev–Trinajstić information content (AvgIpc) is 3.50. The monoisotopic (exact) mass is 464 g/mol. The summed E-state index contributed by atoms with van der Waals surface area (Å²) in [7, 11) is 0. The number of amides is 1. The van der Waals surface area contributed by atoms with E-state index in [4.69, 9.17) is 4.74 Å². The van der Waals surface area contributed by atoms with E-state index in [9.17, 15) is 9.59 Å². The van der Waals surface area contributed by atoms with Gasteiger partial charge < -0.3 is 10.1 Å². The third-order valence-electron chi connectivity index (χ3n) is 6.42. The Morgan fingerprint density at radius 2 is 1.76 bits per heavy atom. The molecule has 0 radical (unpaired) electrons. The Morgan fingerprint density at radius 3 is 2.52 bits per heavy atom. The molecule has 1 aromatic heterocycles. The minimum absolute atomic E-state index is 0.0168. The molecule has 172 valence electrons. The van der Waals surface area contributed by atoms with Gasteiger partial charge in [0.05, 0.1) is 5.69 Å². The fourth-order valence-electron chi connectivity index (χ4n) is 4.56. The van der Waals surface area contributed by atoms with Gasteiger partial charge in [-0.2, -0.15) is 9.78 Å². The van der Waals surface area contributed by atoms with E-state index in [-0.39, 0.29) is 23.6 Å². The molecule has 5 rings (SSSR count). The smallest absolute Gasteiger partial charge is 0.350 e. The maximum atomic E-state index is 12.8. The van der Waals surface area contributed by atoms with Gasteiger partial charge in [-0.25, -0.2) is 4.79 Å². The number of anilines is 1. The predicted molar refractivity (Wildman–Crippen MR) is 128 cm³/mol. The lowest BCUT2D eigenvalue weighted by Gasteiger charge is -2.21. The standard InChI is InChI=1S/C25H28N4O3S/c30-24(18-12-14-32-15-13-18)27-19-4-3-7-23(16-19)33-22-10-8-21(9-11-22)29-25(31)28(17-26-29)20-5-1-2-6-20/h3-4,7-11,16-18,20H,1-2,5-6,12-15H2,(H,27,30). The first-order chi connectivity index (χ1) is 16.2. The number of hydrogen-bond acceptors (Lipinski definition) is 5. The summed E-state index contributed by atoms with van der Waals surface area (Å²) in [5.41, 5.74) is 1.49. The van der Waals surface area contributed by atoms with Crippen molar-refractivity contribution in [3.63, 3.8) is 0 Å². The van der Waals surface area contributed by atoms with Gasteiger partial charge in [0, 0.05) is 40.7 Å². The van der Waals surface area contributed by atoms with Crippen LogP contribution >= 0.6 is 11.8 Å². The van der Waals surface area contributed by atoms with Crippen LogP contribution in [0.15, 0.2) is 69.4 Å². The number of aromatic nitrogens is 3. The highest BCUT2D eigenvalue weighted by Gasteiger charge is 2.22. The molecule has 0 atom stereocenters. The number of hydrogen-bond donors (Lipinski definition) is 1. The Morgan fingerprint density at radius 1 is 1.00 bits per heavy atom. The Labute approximate surface area is 197 Å². The van der Waals surface area contributed by atoms with Gasteiger partial charge in [0.25, 0.3) is 0 Å². The zero-order valence-corrected chi connectivity index (χ0v) is 19.3. The van der Waals surface area contributed by atoms with Crippen LogP contribution in [0.4, 0.5) is 5.69 Å². The number of benzene rings is 2. The topological polar surface area (TPSA) is 78.2 Å². The fraction of sp³-hybridized carbons (Fsp3) is 0.400. The van der Waals surface area contributed by atoms with Crippen molar-refractivity contribution in [2.75, 3.05) is 18.5 Å². The predicted octanol–water partition coefficient (Wildman–Crippen LogP) is 4.67. The number of carbonyl (C=O) groups is 1. The van der Waals surface area contributed by atoms with Gasteiger partial charge in [-0.3, -0.25) is 9.36 Å². The van der Waals surface area contributed by atoms with E-state index in [1.54, 1.807) is 22.7 Å². The van der Waals surface area contributed by atoms with Crippen LogP contribution in [0.5, 0.6) is 0 Å². The molecule has 0 spiro atoms. The molecule has 8 heteroatoms. The fourth-order valence-corrected chi connectivity index (χ4v) is 5.44. The van der Waals surface area contributed by atoms with E-state index in [0.717, 1.165) is 46.8 Å². The lowest BCUT2D eigenvalue weighted by Crippen LogP contribution is -2.28. The first-order valence-electron chi connectivity index (χ1n) is 11.6. The van der Waals surface area contributed by atoms with E-state index in [1.807, 2.05) is 48.5 Å². The van der Waals surface area contributed by atoms with Gasteiger partial charge in [0.2, 0.25) is 5.91 Å². The van der Waals surface area contributed by atoms with Gasteiger partial charge in [-0.1, -0.05) is 30.7 Å². The summed E-state index contributed by atoms with van der Waals surface area (Å²) >= 11 is 1.61. The van der Waals surface area contributed by atoms with Crippen LogP contribution in [0.1, 0.15) is 44.6 Å². The van der Waals surface area contributed by atoms with Crippen molar-refractivity contribution in [3.05, 3.63) is 65.3 Å². The summed E-state index contributed by atoms with van der Waals surface area (Å²) in [5, 5.41) is 7.38. The number of carbonyl (C=O) groups excluding carboxylic acids is 1. The molecule has 1 aliphatic heterocycles. The number of nitrogens with one attached hydrogen (secondary N) is 1. The molecule has 2 heterocycles. The van der Waals surface area contributed by atoms with E-state index in [0.29, 0.717) is 13.2 Å². The molecule has 33 heavy (non-hydrogen) atoms. The quantitative estimate of drug-likeness (QED) is 0.574. The maximum Gasteiger partial charge on any atom is 0.350 e. The van der Waals surface area contributed by atoms with E-state index >= 15 is 0 Å². The summed E-state index contributed by atoms with van der Waals surface area (Å²) < 4.78 is 8.59. The zero-order valence-electron chi connectivity index (χ0n) is 18.5. The van der Waals surface area contributed by atoms with Crippen LogP contribution in [0, 0.1) is 5.92 Å². The summed E-state index contributed by atoms with van der Waals surface area (Å²) in [5.74, 6) is 0.0791. The van der Waals surface area contributed by atoms with Crippen molar-refractivity contribution in [1.29, 1.82) is 0 Å². The molecular weight excluding hydrogens is 436 g/mol. The normalized spacial score (nSPS) is 17.3. The Balaban J connectivity index is 1.25. The van der Waals surface area contributed by atoms with Crippen molar-refractivity contribution >= 4 is 23.4 Å². The highest BCUT2D eigenvalue weighted by molar-refractivity contribution is 7.99. The lowest BCUT2D eigenvalue weighted by molar-refractivity contribution is -0.122. The lowest BCUT2D eigenvalue weighted by atomic mass is 9.99. The van der Waals surface area contributed by atoms with Crippen molar-refractivity contribution in [2.45, 2.75) is 54.4 Å². The van der Waals surface area contributed by atoms with Gasteiger partial charge in [-0.05, 0) is 68.1 Å². The van der Waals surface area contributed by atoms with Crippen molar-refractivity contribution < 1.29 is 9.53 Å². The first kappa shape index (κ1) is 22.0. The van der Waals surface area contributed by atoms with E-state index in [1.165, 1.54) is 17.5 Å². The molecule has 2 aliphatic rings. The molecule has 7 nitrogen and oxygen atoms in total. The van der Waals surface area contributed by atoms with Crippen molar-refractivity contribution in [3.8, 4) is 5.69 Å². The Kier molecular flexibility index (Phi) is 6.64. The molecule has 1 aliphatic carbocycles. The molecule has 3 aromatic rings. The highest BCUT2D eigenvalue weighted by atomic mass is 32.2.